The zero-order valence-electron chi connectivity index (χ0n) is 26.8. The number of ketones is 1. The van der Waals surface area contributed by atoms with Gasteiger partial charge in [-0.2, -0.15) is 0 Å². The van der Waals surface area contributed by atoms with Gasteiger partial charge >= 0.3 is 0 Å². The molecule has 0 unspecified atom stereocenters. The molecule has 8 rings (SSSR count). The molecule has 0 N–H and O–H groups in total. The Morgan fingerprint density at radius 1 is 0.521 bits per heavy atom. The van der Waals surface area contributed by atoms with Crippen LogP contribution in [0.3, 0.4) is 0 Å². The molecule has 2 amide bonds. The Morgan fingerprint density at radius 3 is 1.31 bits per heavy atom. The van der Waals surface area contributed by atoms with Gasteiger partial charge in [0.25, 0.3) is 0 Å². The van der Waals surface area contributed by atoms with E-state index in [0.29, 0.717) is 28.3 Å². The Bertz CT molecular complexity index is 1990. The van der Waals surface area contributed by atoms with Gasteiger partial charge in [-0.1, -0.05) is 103 Å². The van der Waals surface area contributed by atoms with E-state index in [4.69, 9.17) is 9.47 Å². The van der Waals surface area contributed by atoms with Crippen LogP contribution in [0.1, 0.15) is 27.8 Å². The number of hydrogen-bond donors (Lipinski definition) is 0. The minimum absolute atomic E-state index is 0.162. The number of aryl methyl sites for hydroxylation is 1. The van der Waals surface area contributed by atoms with Crippen LogP contribution in [-0.2, 0) is 25.2 Å². The smallest absolute Gasteiger partial charge is 0.239 e. The van der Waals surface area contributed by atoms with E-state index in [0.717, 1.165) is 27.8 Å². The number of imide groups is 1. The molecule has 6 heteroatoms. The number of rotatable bonds is 7. The molecule has 48 heavy (non-hydrogen) atoms. The molecule has 2 bridgehead atoms. The molecule has 6 nitrogen and oxygen atoms in total. The Balaban J connectivity index is 1.55. The number of carbonyl (C=O) groups excluding carboxylic acids is 3. The lowest BCUT2D eigenvalue weighted by Crippen LogP contribution is -2.45. The summed E-state index contributed by atoms with van der Waals surface area (Å²) in [5, 5.41) is 0. The van der Waals surface area contributed by atoms with E-state index in [1.807, 2.05) is 140 Å². The summed E-state index contributed by atoms with van der Waals surface area (Å²) in [6.07, 6.45) is 0. The molecule has 5 aromatic carbocycles. The van der Waals surface area contributed by atoms with Gasteiger partial charge in [0.2, 0.25) is 11.8 Å². The molecule has 1 saturated heterocycles. The minimum atomic E-state index is -1.48. The van der Waals surface area contributed by atoms with Crippen LogP contribution >= 0.6 is 0 Å². The predicted molar refractivity (Wildman–Crippen MR) is 185 cm³/mol. The molecular formula is C42H33NO5. The summed E-state index contributed by atoms with van der Waals surface area (Å²) in [5.74, 6) is -1.53. The zero-order valence-corrected chi connectivity index (χ0v) is 26.8. The Hall–Kier alpha value is -5.75. The Labute approximate surface area is 279 Å². The van der Waals surface area contributed by atoms with Crippen LogP contribution in [0.2, 0.25) is 0 Å². The summed E-state index contributed by atoms with van der Waals surface area (Å²) in [6, 6.07) is 41.8. The van der Waals surface area contributed by atoms with Crippen molar-refractivity contribution in [3.05, 3.63) is 161 Å². The highest BCUT2D eigenvalue weighted by Crippen LogP contribution is 2.74. The number of amides is 2. The second-order valence-electron chi connectivity index (χ2n) is 12.6. The van der Waals surface area contributed by atoms with Crippen molar-refractivity contribution in [3.63, 3.8) is 0 Å². The fraction of sp³-hybridized carbons (Fsp3) is 0.167. The van der Waals surface area contributed by atoms with Crippen molar-refractivity contribution in [1.82, 2.24) is 0 Å². The van der Waals surface area contributed by atoms with Gasteiger partial charge in [0, 0.05) is 0 Å². The summed E-state index contributed by atoms with van der Waals surface area (Å²) in [6.45, 7) is 1.90. The molecule has 1 saturated carbocycles. The quantitative estimate of drug-likeness (QED) is 0.178. The second-order valence-corrected chi connectivity index (χ2v) is 12.6. The van der Waals surface area contributed by atoms with Gasteiger partial charge in [0.1, 0.15) is 11.5 Å². The number of fused-ring (bicyclic) bond motifs is 5. The topological polar surface area (TPSA) is 72.9 Å². The third kappa shape index (κ3) is 3.71. The molecule has 236 valence electrons. The van der Waals surface area contributed by atoms with Crippen molar-refractivity contribution >= 4 is 34.4 Å². The first kappa shape index (κ1) is 29.6. The van der Waals surface area contributed by atoms with Gasteiger partial charge < -0.3 is 9.47 Å². The molecule has 1 heterocycles. The number of hydrogen-bond acceptors (Lipinski definition) is 5. The molecule has 2 aliphatic carbocycles. The average Bonchev–Trinajstić information content (AvgIpc) is 3.64. The van der Waals surface area contributed by atoms with Gasteiger partial charge in [0.15, 0.2) is 5.78 Å². The first-order chi connectivity index (χ1) is 23.4. The van der Waals surface area contributed by atoms with Gasteiger partial charge in [0.05, 0.1) is 42.6 Å². The van der Waals surface area contributed by atoms with E-state index < -0.39 is 22.7 Å². The van der Waals surface area contributed by atoms with Gasteiger partial charge in [-0.15, -0.1) is 0 Å². The van der Waals surface area contributed by atoms with Crippen molar-refractivity contribution in [2.75, 3.05) is 19.1 Å². The number of para-hydroxylation sites is 1. The highest BCUT2D eigenvalue weighted by Gasteiger charge is 2.82. The number of Topliss-reactive ketones (excluding diaryl/α,β-unsaturated/α-hetero) is 1. The summed E-state index contributed by atoms with van der Waals surface area (Å²) >= 11 is 0. The van der Waals surface area contributed by atoms with E-state index in [1.54, 1.807) is 14.2 Å². The van der Waals surface area contributed by atoms with E-state index in [-0.39, 0.29) is 17.6 Å². The lowest BCUT2D eigenvalue weighted by molar-refractivity contribution is -0.130. The molecule has 1 aliphatic heterocycles. The van der Waals surface area contributed by atoms with Gasteiger partial charge in [-0.3, -0.25) is 14.4 Å². The largest absolute Gasteiger partial charge is 0.497 e. The standard InChI is InChI=1S/C42H33NO5/c1-26-12-10-11-17-33(26)43-38(44)36-37(39(43)45)42(30-15-8-5-9-16-30)35(28-20-24-32(48-3)25-21-28)34(27-18-22-31(47-2)23-19-27)41(36,40(42)46)29-13-6-4-7-14-29/h4-25,36-37H,1-3H3/t36-,37+,41+,42-. The second kappa shape index (κ2) is 10.9. The van der Waals surface area contributed by atoms with Crippen molar-refractivity contribution in [1.29, 1.82) is 0 Å². The number of ether oxygens (including phenoxy) is 2. The average molecular weight is 632 g/mol. The summed E-state index contributed by atoms with van der Waals surface area (Å²) in [7, 11) is 3.23. The van der Waals surface area contributed by atoms with Crippen molar-refractivity contribution in [3.8, 4) is 11.5 Å². The van der Waals surface area contributed by atoms with Crippen LogP contribution in [0.5, 0.6) is 11.5 Å². The van der Waals surface area contributed by atoms with Crippen LogP contribution < -0.4 is 14.4 Å². The zero-order chi connectivity index (χ0) is 33.2. The van der Waals surface area contributed by atoms with Crippen molar-refractivity contribution < 1.29 is 23.9 Å². The molecule has 2 fully saturated rings. The third-order valence-corrected chi connectivity index (χ3v) is 10.6. The Morgan fingerprint density at radius 2 is 0.917 bits per heavy atom. The number of allylic oxidation sites excluding steroid dienone is 2. The fourth-order valence-corrected chi connectivity index (χ4v) is 8.69. The normalized spacial score (nSPS) is 24.3. The lowest BCUT2D eigenvalue weighted by atomic mass is 9.59. The Kier molecular flexibility index (Phi) is 6.74. The number of carbonyl (C=O) groups is 3. The minimum Gasteiger partial charge on any atom is -0.497 e. The molecule has 0 radical (unpaired) electrons. The maximum Gasteiger partial charge on any atom is 0.239 e. The summed E-state index contributed by atoms with van der Waals surface area (Å²) in [4.78, 5) is 47.6. The number of benzene rings is 5. The van der Waals surface area contributed by atoms with Crippen LogP contribution in [0.25, 0.3) is 11.1 Å². The molecule has 0 spiro atoms. The van der Waals surface area contributed by atoms with Crippen LogP contribution in [-0.4, -0.2) is 31.8 Å². The van der Waals surface area contributed by atoms with Crippen LogP contribution in [0.4, 0.5) is 5.69 Å². The molecule has 4 atom stereocenters. The SMILES string of the molecule is COc1ccc(C2=C(c3ccc(OC)cc3)[C@]3(c4ccccc4)C(=O)[C@@]2(c2ccccc2)[C@@H]2C(=O)N(c4ccccc4C)C(=O)[C@@H]23)cc1. The monoisotopic (exact) mass is 631 g/mol. The molecule has 5 aromatic rings. The fourth-order valence-electron chi connectivity index (χ4n) is 8.69. The van der Waals surface area contributed by atoms with Crippen molar-refractivity contribution in [2.24, 2.45) is 11.8 Å². The van der Waals surface area contributed by atoms with Gasteiger partial charge in [-0.25, -0.2) is 4.90 Å². The molecule has 0 aromatic heterocycles. The highest BCUT2D eigenvalue weighted by molar-refractivity contribution is 6.39. The molecular weight excluding hydrogens is 598 g/mol. The third-order valence-electron chi connectivity index (χ3n) is 10.6. The van der Waals surface area contributed by atoms with E-state index >= 15 is 14.4 Å². The number of nitrogens with zero attached hydrogens (tertiary/aromatic N) is 1. The van der Waals surface area contributed by atoms with Crippen LogP contribution in [0.15, 0.2) is 133 Å². The van der Waals surface area contributed by atoms with E-state index in [9.17, 15) is 0 Å². The predicted octanol–water partition coefficient (Wildman–Crippen LogP) is 7.20. The van der Waals surface area contributed by atoms with E-state index in [1.165, 1.54) is 4.90 Å². The maximum absolute atomic E-state index is 16.0. The first-order valence-corrected chi connectivity index (χ1v) is 16.0. The maximum atomic E-state index is 16.0. The number of anilines is 1. The number of methoxy groups -OCH3 is 2. The van der Waals surface area contributed by atoms with Gasteiger partial charge in [-0.05, 0) is 76.2 Å². The lowest BCUT2D eigenvalue weighted by Gasteiger charge is -2.39. The van der Waals surface area contributed by atoms with Crippen LogP contribution in [0, 0.1) is 18.8 Å². The van der Waals surface area contributed by atoms with Crippen molar-refractivity contribution in [2.45, 2.75) is 17.8 Å². The van der Waals surface area contributed by atoms with E-state index in [2.05, 4.69) is 0 Å². The summed E-state index contributed by atoms with van der Waals surface area (Å²) < 4.78 is 11.0. The highest BCUT2D eigenvalue weighted by atomic mass is 16.5. The molecule has 3 aliphatic rings. The first-order valence-electron chi connectivity index (χ1n) is 16.0. The summed E-state index contributed by atoms with van der Waals surface area (Å²) in [5.41, 5.74) is 2.78.